The van der Waals surface area contributed by atoms with E-state index in [9.17, 15) is 5.11 Å². The number of hydrogen-bond donors (Lipinski definition) is 1. The van der Waals surface area contributed by atoms with Gasteiger partial charge in [0.15, 0.2) is 0 Å². The van der Waals surface area contributed by atoms with Crippen LogP contribution in [-0.4, -0.2) is 38.4 Å². The summed E-state index contributed by atoms with van der Waals surface area (Å²) < 4.78 is 2.92. The number of imidazole rings is 1. The Bertz CT molecular complexity index is 584. The number of hydrogen-bond acceptors (Lipinski definition) is 5. The molecule has 0 saturated heterocycles. The predicted octanol–water partition coefficient (Wildman–Crippen LogP) is 2.53. The van der Waals surface area contributed by atoms with Crippen LogP contribution >= 0.6 is 33.9 Å². The molecule has 2 heterocycles. The van der Waals surface area contributed by atoms with Crippen LogP contribution in [0, 0.1) is 3.70 Å². The summed E-state index contributed by atoms with van der Waals surface area (Å²) in [5.74, 6) is 0. The molecule has 1 aliphatic rings. The fourth-order valence-corrected chi connectivity index (χ4v) is 4.12. The Morgan fingerprint density at radius 3 is 2.84 bits per heavy atom. The molecule has 5 nitrogen and oxygen atoms in total. The fraction of sp³-hybridized carbons (Fsp3) is 0.667. The van der Waals surface area contributed by atoms with Gasteiger partial charge in [-0.25, -0.2) is 4.98 Å². The van der Waals surface area contributed by atoms with Gasteiger partial charge in [-0.3, -0.25) is 0 Å². The van der Waals surface area contributed by atoms with Gasteiger partial charge in [0, 0.05) is 13.1 Å². The smallest absolute Gasteiger partial charge is 0.214 e. The van der Waals surface area contributed by atoms with Crippen molar-refractivity contribution >= 4 is 44.0 Å². The third-order valence-electron chi connectivity index (χ3n) is 3.91. The van der Waals surface area contributed by atoms with Gasteiger partial charge in [0.1, 0.15) is 3.70 Å². The molecule has 0 amide bonds. The molecule has 1 fully saturated rings. The first-order valence-corrected chi connectivity index (χ1v) is 8.31. The molecular formula is C12H17IN4OS. The highest BCUT2D eigenvalue weighted by molar-refractivity contribution is 14.1. The summed E-state index contributed by atoms with van der Waals surface area (Å²) in [5, 5.41) is 15.6. The normalized spacial score (nSPS) is 27.9. The highest BCUT2D eigenvalue weighted by atomic mass is 127. The van der Waals surface area contributed by atoms with E-state index in [-0.39, 0.29) is 0 Å². The van der Waals surface area contributed by atoms with Crippen molar-refractivity contribution < 1.29 is 5.11 Å². The second kappa shape index (κ2) is 4.85. The molecular weight excluding hydrogens is 375 g/mol. The van der Waals surface area contributed by atoms with E-state index in [1.807, 2.05) is 17.6 Å². The number of halogens is 1. The molecule has 7 heteroatoms. The van der Waals surface area contributed by atoms with Crippen molar-refractivity contribution in [3.05, 3.63) is 9.90 Å². The van der Waals surface area contributed by atoms with Crippen LogP contribution in [0.4, 0.5) is 5.13 Å². The number of fused-ring (bicyclic) bond motifs is 1. The molecule has 104 valence electrons. The van der Waals surface area contributed by atoms with E-state index in [1.54, 1.807) is 11.3 Å². The first-order chi connectivity index (χ1) is 8.96. The Balaban J connectivity index is 1.78. The minimum atomic E-state index is -0.482. The van der Waals surface area contributed by atoms with Crippen LogP contribution in [0.1, 0.15) is 32.6 Å². The van der Waals surface area contributed by atoms with E-state index in [0.717, 1.165) is 39.5 Å². The highest BCUT2D eigenvalue weighted by Gasteiger charge is 2.31. The van der Waals surface area contributed by atoms with Gasteiger partial charge < -0.3 is 10.0 Å². The summed E-state index contributed by atoms with van der Waals surface area (Å²) in [4.78, 5) is 7.51. The zero-order valence-electron chi connectivity index (χ0n) is 11.0. The first kappa shape index (κ1) is 13.6. The summed E-state index contributed by atoms with van der Waals surface area (Å²) in [6.07, 6.45) is 5.59. The van der Waals surface area contributed by atoms with Crippen LogP contribution in [-0.2, 0) is 0 Å². The van der Waals surface area contributed by atoms with Crippen LogP contribution in [0.2, 0.25) is 0 Å². The molecule has 1 aliphatic carbocycles. The number of rotatable bonds is 2. The summed E-state index contributed by atoms with van der Waals surface area (Å²) in [6, 6.07) is 0.466. The number of aliphatic hydroxyl groups is 1. The second-order valence-corrected chi connectivity index (χ2v) is 7.54. The summed E-state index contributed by atoms with van der Waals surface area (Å²) in [7, 11) is 2.09. The van der Waals surface area contributed by atoms with Gasteiger partial charge in [0.25, 0.3) is 0 Å². The topological polar surface area (TPSA) is 53.7 Å². The molecule has 0 unspecified atom stereocenters. The first-order valence-electron chi connectivity index (χ1n) is 6.41. The van der Waals surface area contributed by atoms with Crippen LogP contribution in [0.3, 0.4) is 0 Å². The monoisotopic (exact) mass is 392 g/mol. The van der Waals surface area contributed by atoms with Gasteiger partial charge in [-0.15, -0.1) is 5.10 Å². The molecule has 0 atom stereocenters. The third-order valence-corrected chi connectivity index (χ3v) is 5.66. The molecule has 1 N–H and O–H groups in total. The van der Waals surface area contributed by atoms with Gasteiger partial charge in [0.05, 0.1) is 11.8 Å². The van der Waals surface area contributed by atoms with Gasteiger partial charge in [0.2, 0.25) is 10.1 Å². The maximum atomic E-state index is 10.0. The fourth-order valence-electron chi connectivity index (χ4n) is 2.57. The molecule has 3 rings (SSSR count). The quantitative estimate of drug-likeness (QED) is 0.799. The van der Waals surface area contributed by atoms with Crippen molar-refractivity contribution in [1.29, 1.82) is 0 Å². The Morgan fingerprint density at radius 1 is 1.53 bits per heavy atom. The Morgan fingerprint density at radius 2 is 2.21 bits per heavy atom. The Kier molecular flexibility index (Phi) is 3.46. The molecule has 0 aromatic carbocycles. The molecule has 2 aromatic rings. The van der Waals surface area contributed by atoms with Crippen molar-refractivity contribution in [2.75, 3.05) is 11.9 Å². The second-order valence-electron chi connectivity index (χ2n) is 5.50. The minimum absolute atomic E-state index is 0.466. The SMILES string of the molecule is CN(c1nn2c(I)cnc2s1)C1CCC(C)(O)CC1. The lowest BCUT2D eigenvalue weighted by atomic mass is 9.83. The largest absolute Gasteiger partial charge is 0.390 e. The maximum Gasteiger partial charge on any atom is 0.214 e. The van der Waals surface area contributed by atoms with Gasteiger partial charge >= 0.3 is 0 Å². The Hall–Kier alpha value is -0.410. The molecule has 2 aromatic heterocycles. The average Bonchev–Trinajstić information content (AvgIpc) is 2.91. The van der Waals surface area contributed by atoms with E-state index < -0.39 is 5.60 Å². The van der Waals surface area contributed by atoms with E-state index in [1.165, 1.54) is 0 Å². The van der Waals surface area contributed by atoms with Crippen LogP contribution < -0.4 is 4.90 Å². The lowest BCUT2D eigenvalue weighted by Gasteiger charge is -2.37. The molecule has 0 bridgehead atoms. The summed E-state index contributed by atoms with van der Waals surface area (Å²) >= 11 is 3.86. The predicted molar refractivity (Wildman–Crippen MR) is 84.9 cm³/mol. The highest BCUT2D eigenvalue weighted by Crippen LogP contribution is 2.33. The maximum absolute atomic E-state index is 10.0. The van der Waals surface area contributed by atoms with Crippen LogP contribution in [0.15, 0.2) is 6.20 Å². The average molecular weight is 392 g/mol. The number of nitrogens with zero attached hydrogens (tertiary/aromatic N) is 4. The van der Waals surface area contributed by atoms with Crippen molar-refractivity contribution in [3.63, 3.8) is 0 Å². The molecule has 19 heavy (non-hydrogen) atoms. The van der Waals surface area contributed by atoms with E-state index >= 15 is 0 Å². The summed E-state index contributed by atoms with van der Waals surface area (Å²) in [6.45, 7) is 1.93. The van der Waals surface area contributed by atoms with E-state index in [2.05, 4.69) is 44.6 Å². The van der Waals surface area contributed by atoms with E-state index in [4.69, 9.17) is 0 Å². The lowest BCUT2D eigenvalue weighted by molar-refractivity contribution is 0.0175. The standard InChI is InChI=1S/C12H17IN4OS/c1-12(18)5-3-8(4-6-12)16(2)11-15-17-9(13)7-14-10(17)19-11/h7-8,18H,3-6H2,1-2H3. The number of anilines is 1. The van der Waals surface area contributed by atoms with Crippen LogP contribution in [0.25, 0.3) is 4.96 Å². The van der Waals surface area contributed by atoms with Crippen molar-refractivity contribution in [2.45, 2.75) is 44.2 Å². The zero-order chi connectivity index (χ0) is 13.6. The third kappa shape index (κ3) is 2.59. The lowest BCUT2D eigenvalue weighted by Crippen LogP contribution is -2.40. The van der Waals surface area contributed by atoms with Crippen molar-refractivity contribution in [2.24, 2.45) is 0 Å². The molecule has 1 saturated carbocycles. The van der Waals surface area contributed by atoms with Crippen molar-refractivity contribution in [3.8, 4) is 0 Å². The number of aromatic nitrogens is 3. The zero-order valence-corrected chi connectivity index (χ0v) is 14.0. The van der Waals surface area contributed by atoms with Crippen LogP contribution in [0.5, 0.6) is 0 Å². The minimum Gasteiger partial charge on any atom is -0.390 e. The Labute approximate surface area is 129 Å². The van der Waals surface area contributed by atoms with E-state index in [0.29, 0.717) is 6.04 Å². The van der Waals surface area contributed by atoms with Crippen molar-refractivity contribution in [1.82, 2.24) is 14.6 Å². The van der Waals surface area contributed by atoms with Gasteiger partial charge in [-0.05, 0) is 55.2 Å². The molecule has 0 spiro atoms. The van der Waals surface area contributed by atoms with Gasteiger partial charge in [-0.1, -0.05) is 11.3 Å². The van der Waals surface area contributed by atoms with Gasteiger partial charge in [-0.2, -0.15) is 4.52 Å². The summed E-state index contributed by atoms with van der Waals surface area (Å²) in [5.41, 5.74) is -0.482. The molecule has 0 radical (unpaired) electrons. The molecule has 0 aliphatic heterocycles.